The predicted molar refractivity (Wildman–Crippen MR) is 149 cm³/mol. The molecule has 6 heteroatoms. The molecule has 3 aromatic rings. The van der Waals surface area contributed by atoms with Gasteiger partial charge in [0.1, 0.15) is 11.6 Å². The molecule has 4 atom stereocenters. The Bertz CT molecular complexity index is 1080. The molecule has 0 spiro atoms. The van der Waals surface area contributed by atoms with Gasteiger partial charge in [0, 0.05) is 54.8 Å². The van der Waals surface area contributed by atoms with Crippen molar-refractivity contribution >= 4 is 10.8 Å². The summed E-state index contributed by atoms with van der Waals surface area (Å²) in [6.07, 6.45) is 1.08. The molecule has 0 aliphatic carbocycles. The fraction of sp³-hybridized carbons (Fsp3) is 0.419. The van der Waals surface area contributed by atoms with Crippen molar-refractivity contribution in [2.45, 2.75) is 44.5 Å². The van der Waals surface area contributed by atoms with Crippen molar-refractivity contribution in [3.8, 4) is 0 Å². The van der Waals surface area contributed by atoms with Crippen LogP contribution in [0, 0.1) is 17.6 Å². The summed E-state index contributed by atoms with van der Waals surface area (Å²) in [6, 6.07) is 23.8. The van der Waals surface area contributed by atoms with Gasteiger partial charge in [-0.1, -0.05) is 61.5 Å². The molecule has 3 nitrogen and oxygen atoms in total. The van der Waals surface area contributed by atoms with Gasteiger partial charge in [-0.2, -0.15) is 0 Å². The van der Waals surface area contributed by atoms with E-state index in [9.17, 15) is 13.0 Å². The summed E-state index contributed by atoms with van der Waals surface area (Å²) in [4.78, 5) is 5.03. The molecule has 0 bridgehead atoms. The van der Waals surface area contributed by atoms with Crippen LogP contribution in [0.2, 0.25) is 0 Å². The standard InChI is InChI=1S/C31H38F2N2OS/c1-23(19-26-7-5-4-6-8-26)20-35-24(2)21-34(22-25(35)3)17-18-37(36)31(27-9-13-29(32)14-10-27)28-11-15-30(33)16-12-28/h4-16,23-25,31H,17-22H2,1-3H3/t23?,24-,25+,37?. The first-order valence-corrected chi connectivity index (χ1v) is 14.6. The molecule has 0 radical (unpaired) electrons. The highest BCUT2D eigenvalue weighted by Gasteiger charge is 2.31. The number of rotatable bonds is 10. The quantitative estimate of drug-likeness (QED) is 0.321. The van der Waals surface area contributed by atoms with E-state index in [0.29, 0.717) is 23.8 Å². The average molecular weight is 525 g/mol. The molecule has 0 amide bonds. The van der Waals surface area contributed by atoms with Gasteiger partial charge in [-0.15, -0.1) is 0 Å². The number of halogens is 2. The van der Waals surface area contributed by atoms with Crippen LogP contribution in [0.15, 0.2) is 78.9 Å². The first-order chi connectivity index (χ1) is 17.8. The molecule has 0 aromatic heterocycles. The average Bonchev–Trinajstić information content (AvgIpc) is 2.88. The van der Waals surface area contributed by atoms with E-state index < -0.39 is 16.0 Å². The van der Waals surface area contributed by atoms with Crippen LogP contribution < -0.4 is 0 Å². The van der Waals surface area contributed by atoms with Gasteiger partial charge in [0.15, 0.2) is 0 Å². The molecule has 1 aliphatic heterocycles. The van der Waals surface area contributed by atoms with Gasteiger partial charge in [-0.05, 0) is 67.1 Å². The number of benzene rings is 3. The molecule has 198 valence electrons. The molecule has 1 aliphatic rings. The normalized spacial score (nSPS) is 20.7. The van der Waals surface area contributed by atoms with Crippen molar-refractivity contribution in [2.75, 3.05) is 31.9 Å². The zero-order chi connectivity index (χ0) is 26.4. The van der Waals surface area contributed by atoms with Crippen molar-refractivity contribution in [3.05, 3.63) is 107 Å². The van der Waals surface area contributed by atoms with E-state index in [1.807, 2.05) is 0 Å². The summed E-state index contributed by atoms with van der Waals surface area (Å²) >= 11 is 0. The molecule has 1 saturated heterocycles. The van der Waals surface area contributed by atoms with Crippen molar-refractivity contribution in [2.24, 2.45) is 5.92 Å². The third kappa shape index (κ3) is 7.56. The lowest BCUT2D eigenvalue weighted by Crippen LogP contribution is -2.58. The van der Waals surface area contributed by atoms with E-state index in [2.05, 4.69) is 60.9 Å². The summed E-state index contributed by atoms with van der Waals surface area (Å²) in [5, 5.41) is -0.420. The number of hydrogen-bond donors (Lipinski definition) is 0. The van der Waals surface area contributed by atoms with Crippen molar-refractivity contribution < 1.29 is 13.0 Å². The number of hydrogen-bond acceptors (Lipinski definition) is 3. The van der Waals surface area contributed by atoms with Gasteiger partial charge in [0.2, 0.25) is 0 Å². The van der Waals surface area contributed by atoms with Crippen molar-refractivity contribution in [1.29, 1.82) is 0 Å². The molecule has 2 unspecified atom stereocenters. The van der Waals surface area contributed by atoms with E-state index in [1.165, 1.54) is 29.8 Å². The summed E-state index contributed by atoms with van der Waals surface area (Å²) in [7, 11) is -1.24. The molecule has 0 saturated carbocycles. The molecule has 1 fully saturated rings. The Morgan fingerprint density at radius 2 is 1.35 bits per heavy atom. The number of nitrogens with zero attached hydrogens (tertiary/aromatic N) is 2. The van der Waals surface area contributed by atoms with Crippen LogP contribution in [0.5, 0.6) is 0 Å². The van der Waals surface area contributed by atoms with E-state index in [4.69, 9.17) is 0 Å². The second-order valence-electron chi connectivity index (χ2n) is 10.5. The van der Waals surface area contributed by atoms with Gasteiger partial charge < -0.3 is 0 Å². The van der Waals surface area contributed by atoms with Crippen LogP contribution in [0.3, 0.4) is 0 Å². The van der Waals surface area contributed by atoms with Crippen LogP contribution in [0.25, 0.3) is 0 Å². The Hall–Kier alpha value is -2.41. The van der Waals surface area contributed by atoms with E-state index in [0.717, 1.165) is 43.7 Å². The first kappa shape index (κ1) is 27.6. The van der Waals surface area contributed by atoms with Gasteiger partial charge in [-0.3, -0.25) is 14.0 Å². The summed E-state index contributed by atoms with van der Waals surface area (Å²) in [5.74, 6) is 0.416. The van der Waals surface area contributed by atoms with Gasteiger partial charge in [0.05, 0.1) is 5.25 Å². The lowest BCUT2D eigenvalue weighted by Gasteiger charge is -2.45. The van der Waals surface area contributed by atoms with Crippen LogP contribution in [0.1, 0.15) is 42.7 Å². The Kier molecular flexibility index (Phi) is 9.63. The maximum absolute atomic E-state index is 13.6. The Labute approximate surface area is 223 Å². The van der Waals surface area contributed by atoms with Crippen molar-refractivity contribution in [3.63, 3.8) is 0 Å². The third-order valence-electron chi connectivity index (χ3n) is 7.34. The minimum atomic E-state index is -1.24. The molecule has 37 heavy (non-hydrogen) atoms. The minimum Gasteiger partial charge on any atom is -0.299 e. The summed E-state index contributed by atoms with van der Waals surface area (Å²) in [6.45, 7) is 10.6. The molecular weight excluding hydrogens is 486 g/mol. The minimum absolute atomic E-state index is 0.327. The first-order valence-electron chi connectivity index (χ1n) is 13.2. The summed E-state index contributed by atoms with van der Waals surface area (Å²) in [5.41, 5.74) is 2.95. The third-order valence-corrected chi connectivity index (χ3v) is 9.00. The van der Waals surface area contributed by atoms with Crippen LogP contribution >= 0.6 is 0 Å². The SMILES string of the molecule is CC(Cc1ccccc1)CN1[C@H](C)CN(CCS(=O)C(c2ccc(F)cc2)c2ccc(F)cc2)C[C@@H]1C. The fourth-order valence-corrected chi connectivity index (χ4v) is 7.15. The molecule has 1 heterocycles. The monoisotopic (exact) mass is 524 g/mol. The second-order valence-corrected chi connectivity index (χ2v) is 12.2. The largest absolute Gasteiger partial charge is 0.299 e. The van der Waals surface area contributed by atoms with Gasteiger partial charge >= 0.3 is 0 Å². The highest BCUT2D eigenvalue weighted by atomic mass is 32.2. The highest BCUT2D eigenvalue weighted by Crippen LogP contribution is 2.29. The lowest BCUT2D eigenvalue weighted by atomic mass is 9.98. The van der Waals surface area contributed by atoms with Gasteiger partial charge in [0.25, 0.3) is 0 Å². The van der Waals surface area contributed by atoms with E-state index in [-0.39, 0.29) is 11.6 Å². The fourth-order valence-electron chi connectivity index (χ4n) is 5.56. The van der Waals surface area contributed by atoms with E-state index >= 15 is 0 Å². The zero-order valence-electron chi connectivity index (χ0n) is 22.0. The Morgan fingerprint density at radius 1 is 0.838 bits per heavy atom. The zero-order valence-corrected chi connectivity index (χ0v) is 22.8. The van der Waals surface area contributed by atoms with Crippen LogP contribution in [0.4, 0.5) is 8.78 Å². The Balaban J connectivity index is 1.36. The maximum atomic E-state index is 13.6. The molecule has 0 N–H and O–H groups in total. The Morgan fingerprint density at radius 3 is 1.86 bits per heavy atom. The number of piperazine rings is 1. The van der Waals surface area contributed by atoms with Crippen molar-refractivity contribution in [1.82, 2.24) is 9.80 Å². The summed E-state index contributed by atoms with van der Waals surface area (Å²) < 4.78 is 40.7. The van der Waals surface area contributed by atoms with Crippen LogP contribution in [-0.4, -0.2) is 58.0 Å². The maximum Gasteiger partial charge on any atom is 0.123 e. The van der Waals surface area contributed by atoms with Crippen LogP contribution in [-0.2, 0) is 17.2 Å². The molecule has 3 aromatic carbocycles. The smallest absolute Gasteiger partial charge is 0.123 e. The second kappa shape index (κ2) is 12.9. The van der Waals surface area contributed by atoms with E-state index in [1.54, 1.807) is 24.3 Å². The molecular formula is C31H38F2N2OS. The highest BCUT2D eigenvalue weighted by molar-refractivity contribution is 7.85. The predicted octanol–water partition coefficient (Wildman–Crippen LogP) is 6.08. The van der Waals surface area contributed by atoms with Gasteiger partial charge in [-0.25, -0.2) is 8.78 Å². The topological polar surface area (TPSA) is 23.6 Å². The molecule has 4 rings (SSSR count). The lowest BCUT2D eigenvalue weighted by molar-refractivity contribution is 0.0321.